The van der Waals surface area contributed by atoms with Gasteiger partial charge in [0.25, 0.3) is 15.9 Å². The molecule has 3 N–H and O–H groups in total. The highest BCUT2D eigenvalue weighted by molar-refractivity contribution is 7.92. The summed E-state index contributed by atoms with van der Waals surface area (Å²) in [5, 5.41) is 10.0. The Morgan fingerprint density at radius 1 is 0.971 bits per heavy atom. The van der Waals surface area contributed by atoms with Crippen molar-refractivity contribution in [1.82, 2.24) is 15.2 Å². The standard InChI is InChI=1S/C25H25N5O3S/c1-16(2)23-27-24(29-28-23)21-9-4-5-10-22(21)26-25(31)18-7-6-8-20(15-18)34(32,33)30-19-13-11-17(3)12-14-19/h4-16,30H,1-3H3,(H,26,31)(H,27,28,29). The molecule has 0 fully saturated rings. The van der Waals surface area contributed by atoms with E-state index >= 15 is 0 Å². The molecule has 174 valence electrons. The highest BCUT2D eigenvalue weighted by Gasteiger charge is 2.18. The van der Waals surface area contributed by atoms with Gasteiger partial charge in [-0.2, -0.15) is 5.10 Å². The Bertz CT molecular complexity index is 1430. The Labute approximate surface area is 198 Å². The van der Waals surface area contributed by atoms with Crippen molar-refractivity contribution in [1.29, 1.82) is 0 Å². The van der Waals surface area contributed by atoms with E-state index in [9.17, 15) is 13.2 Å². The van der Waals surface area contributed by atoms with Crippen molar-refractivity contribution in [3.8, 4) is 11.4 Å². The molecular formula is C25H25N5O3S. The predicted molar refractivity (Wildman–Crippen MR) is 132 cm³/mol. The number of aromatic nitrogens is 3. The minimum atomic E-state index is -3.87. The summed E-state index contributed by atoms with van der Waals surface area (Å²) in [5.41, 5.74) is 2.85. The summed E-state index contributed by atoms with van der Waals surface area (Å²) in [6.45, 7) is 5.93. The lowest BCUT2D eigenvalue weighted by Gasteiger charge is -2.11. The van der Waals surface area contributed by atoms with Crippen LogP contribution in [-0.2, 0) is 10.0 Å². The second-order valence-corrected chi connectivity index (χ2v) is 9.88. The number of nitrogens with zero attached hydrogens (tertiary/aromatic N) is 2. The number of rotatable bonds is 7. The molecule has 1 aromatic heterocycles. The fraction of sp³-hybridized carbons (Fsp3) is 0.160. The van der Waals surface area contributed by atoms with E-state index < -0.39 is 15.9 Å². The topological polar surface area (TPSA) is 117 Å². The van der Waals surface area contributed by atoms with Crippen LogP contribution in [0.15, 0.2) is 77.7 Å². The molecule has 0 unspecified atom stereocenters. The number of nitrogens with one attached hydrogen (secondary N) is 3. The molecule has 0 bridgehead atoms. The first-order valence-corrected chi connectivity index (χ1v) is 12.2. The van der Waals surface area contributed by atoms with Crippen molar-refractivity contribution in [2.24, 2.45) is 0 Å². The van der Waals surface area contributed by atoms with E-state index in [4.69, 9.17) is 0 Å². The van der Waals surface area contributed by atoms with Gasteiger partial charge in [-0.1, -0.05) is 49.7 Å². The molecular weight excluding hydrogens is 450 g/mol. The quantitative estimate of drug-likeness (QED) is 0.349. The van der Waals surface area contributed by atoms with Crippen LogP contribution in [0.25, 0.3) is 11.4 Å². The van der Waals surface area contributed by atoms with E-state index in [0.717, 1.165) is 11.4 Å². The second-order valence-electron chi connectivity index (χ2n) is 8.20. The maximum Gasteiger partial charge on any atom is 0.261 e. The van der Waals surface area contributed by atoms with Crippen molar-refractivity contribution < 1.29 is 13.2 Å². The SMILES string of the molecule is Cc1ccc(NS(=O)(=O)c2cccc(C(=O)Nc3ccccc3-c3n[nH]c(C(C)C)n3)c2)cc1. The highest BCUT2D eigenvalue weighted by Crippen LogP contribution is 2.27. The molecule has 0 aliphatic rings. The number of sulfonamides is 1. The van der Waals surface area contributed by atoms with Crippen LogP contribution in [-0.4, -0.2) is 29.5 Å². The zero-order valence-corrected chi connectivity index (χ0v) is 19.8. The minimum Gasteiger partial charge on any atom is -0.321 e. The molecule has 0 aliphatic heterocycles. The van der Waals surface area contributed by atoms with Crippen LogP contribution >= 0.6 is 0 Å². The molecule has 0 atom stereocenters. The van der Waals surface area contributed by atoms with Crippen LogP contribution < -0.4 is 10.0 Å². The molecule has 4 aromatic rings. The summed E-state index contributed by atoms with van der Waals surface area (Å²) in [6.07, 6.45) is 0. The molecule has 0 aliphatic carbocycles. The van der Waals surface area contributed by atoms with Gasteiger partial charge < -0.3 is 5.32 Å². The van der Waals surface area contributed by atoms with Gasteiger partial charge in [0.05, 0.1) is 10.6 Å². The Kier molecular flexibility index (Phi) is 6.47. The summed E-state index contributed by atoms with van der Waals surface area (Å²) in [5.74, 6) is 0.953. The third-order valence-corrected chi connectivity index (χ3v) is 6.56. The fourth-order valence-corrected chi connectivity index (χ4v) is 4.38. The Hall–Kier alpha value is -3.98. The first kappa shape index (κ1) is 23.2. The third-order valence-electron chi connectivity index (χ3n) is 5.18. The minimum absolute atomic E-state index is 0.00967. The monoisotopic (exact) mass is 475 g/mol. The Morgan fingerprint density at radius 2 is 1.71 bits per heavy atom. The number of carbonyl (C=O) groups excluding carboxylic acids is 1. The summed E-state index contributed by atoms with van der Waals surface area (Å²) in [7, 11) is -3.87. The number of para-hydroxylation sites is 1. The number of aryl methyl sites for hydroxylation is 1. The summed E-state index contributed by atoms with van der Waals surface area (Å²) in [6, 6.07) is 20.1. The summed E-state index contributed by atoms with van der Waals surface area (Å²) in [4.78, 5) is 17.5. The lowest BCUT2D eigenvalue weighted by atomic mass is 10.1. The Morgan fingerprint density at radius 3 is 2.41 bits per heavy atom. The fourth-order valence-electron chi connectivity index (χ4n) is 3.27. The van der Waals surface area contributed by atoms with Crippen LogP contribution in [0, 0.1) is 6.92 Å². The molecule has 9 heteroatoms. The molecule has 1 heterocycles. The zero-order chi connectivity index (χ0) is 24.3. The van der Waals surface area contributed by atoms with Gasteiger partial charge in [-0.05, 0) is 49.4 Å². The van der Waals surface area contributed by atoms with Crippen molar-refractivity contribution in [3.05, 3.63) is 89.7 Å². The predicted octanol–water partition coefficient (Wildman–Crippen LogP) is 4.96. The molecule has 3 aromatic carbocycles. The lowest BCUT2D eigenvalue weighted by Crippen LogP contribution is -2.16. The smallest absolute Gasteiger partial charge is 0.261 e. The Balaban J connectivity index is 1.57. The van der Waals surface area contributed by atoms with Gasteiger partial charge in [0.15, 0.2) is 5.82 Å². The van der Waals surface area contributed by atoms with E-state index in [2.05, 4.69) is 25.2 Å². The lowest BCUT2D eigenvalue weighted by molar-refractivity contribution is 0.102. The van der Waals surface area contributed by atoms with Gasteiger partial charge in [-0.3, -0.25) is 14.6 Å². The number of anilines is 2. The van der Waals surface area contributed by atoms with Gasteiger partial charge in [0.2, 0.25) is 0 Å². The summed E-state index contributed by atoms with van der Waals surface area (Å²) >= 11 is 0. The summed E-state index contributed by atoms with van der Waals surface area (Å²) < 4.78 is 28.2. The van der Waals surface area contributed by atoms with E-state index in [-0.39, 0.29) is 16.4 Å². The van der Waals surface area contributed by atoms with Gasteiger partial charge in [0, 0.05) is 22.7 Å². The molecule has 8 nitrogen and oxygen atoms in total. The van der Waals surface area contributed by atoms with Crippen LogP contribution in [0.5, 0.6) is 0 Å². The molecule has 0 saturated heterocycles. The normalized spacial score (nSPS) is 11.4. The molecule has 34 heavy (non-hydrogen) atoms. The number of benzene rings is 3. The van der Waals surface area contributed by atoms with Crippen molar-refractivity contribution in [3.63, 3.8) is 0 Å². The number of carbonyl (C=O) groups is 1. The van der Waals surface area contributed by atoms with Crippen molar-refractivity contribution >= 4 is 27.3 Å². The number of aromatic amines is 1. The van der Waals surface area contributed by atoms with Crippen LogP contribution in [0.4, 0.5) is 11.4 Å². The van der Waals surface area contributed by atoms with Crippen molar-refractivity contribution in [2.75, 3.05) is 10.0 Å². The molecule has 0 saturated carbocycles. The largest absolute Gasteiger partial charge is 0.321 e. The number of hydrogen-bond acceptors (Lipinski definition) is 5. The second kappa shape index (κ2) is 9.48. The van der Waals surface area contributed by atoms with Gasteiger partial charge in [-0.25, -0.2) is 13.4 Å². The first-order chi connectivity index (χ1) is 16.2. The van der Waals surface area contributed by atoms with E-state index in [0.29, 0.717) is 22.8 Å². The average Bonchev–Trinajstić information content (AvgIpc) is 3.31. The van der Waals surface area contributed by atoms with E-state index in [1.165, 1.54) is 18.2 Å². The molecule has 0 radical (unpaired) electrons. The van der Waals surface area contributed by atoms with Gasteiger partial charge in [-0.15, -0.1) is 0 Å². The van der Waals surface area contributed by atoms with Crippen molar-refractivity contribution in [2.45, 2.75) is 31.6 Å². The van der Waals surface area contributed by atoms with Crippen LogP contribution in [0.3, 0.4) is 0 Å². The maximum absolute atomic E-state index is 13.0. The molecule has 4 rings (SSSR count). The molecule has 0 spiro atoms. The third kappa shape index (κ3) is 5.15. The number of hydrogen-bond donors (Lipinski definition) is 3. The maximum atomic E-state index is 13.0. The zero-order valence-electron chi connectivity index (χ0n) is 19.0. The van der Waals surface area contributed by atoms with Gasteiger partial charge >= 0.3 is 0 Å². The highest BCUT2D eigenvalue weighted by atomic mass is 32.2. The van der Waals surface area contributed by atoms with Crippen LogP contribution in [0.2, 0.25) is 0 Å². The number of H-pyrrole nitrogens is 1. The average molecular weight is 476 g/mol. The van der Waals surface area contributed by atoms with E-state index in [1.54, 1.807) is 30.3 Å². The van der Waals surface area contributed by atoms with E-state index in [1.807, 2.05) is 45.0 Å². The van der Waals surface area contributed by atoms with Gasteiger partial charge in [0.1, 0.15) is 5.82 Å². The van der Waals surface area contributed by atoms with Crippen LogP contribution in [0.1, 0.15) is 41.5 Å². The first-order valence-electron chi connectivity index (χ1n) is 10.8. The number of amides is 1. The molecule has 1 amide bonds.